The number of ether oxygens (including phenoxy) is 3. The summed E-state index contributed by atoms with van der Waals surface area (Å²) in [6, 6.07) is 10.1. The van der Waals surface area contributed by atoms with Gasteiger partial charge in [-0.3, -0.25) is 4.98 Å². The molecule has 8 heteroatoms. The molecule has 5 rings (SSSR count). The SMILES string of the molecule is C=C1CC[C@@H]2[C@](C)(COC(=O)c3ccccc3Cl)[C@H](OC(=O)c3cccnc3)CC[C@@]2(C)[C@@H]1/C=C/C1=CCOC1=O. The molecular weight excluding hydrogens is 542 g/mol. The first-order valence-electron chi connectivity index (χ1n) is 13.9. The van der Waals surface area contributed by atoms with Gasteiger partial charge in [-0.15, -0.1) is 0 Å². The molecule has 2 aliphatic carbocycles. The van der Waals surface area contributed by atoms with Crippen LogP contribution in [0.25, 0.3) is 0 Å². The van der Waals surface area contributed by atoms with Crippen LogP contribution in [0.2, 0.25) is 5.02 Å². The highest BCUT2D eigenvalue weighted by atomic mass is 35.5. The smallest absolute Gasteiger partial charge is 0.339 e. The summed E-state index contributed by atoms with van der Waals surface area (Å²) in [4.78, 5) is 42.4. The Morgan fingerprint density at radius 1 is 1.17 bits per heavy atom. The molecule has 5 atom stereocenters. The molecule has 0 radical (unpaired) electrons. The van der Waals surface area contributed by atoms with Crippen LogP contribution < -0.4 is 0 Å². The van der Waals surface area contributed by atoms with Crippen molar-refractivity contribution in [2.45, 2.75) is 45.6 Å². The average molecular weight is 576 g/mol. The molecular formula is C33H34ClNO6. The highest BCUT2D eigenvalue weighted by molar-refractivity contribution is 6.33. The molecule has 0 N–H and O–H groups in total. The van der Waals surface area contributed by atoms with Gasteiger partial charge in [0.1, 0.15) is 19.3 Å². The fourth-order valence-electron chi connectivity index (χ4n) is 6.97. The molecule has 1 aromatic carbocycles. The predicted octanol–water partition coefficient (Wildman–Crippen LogP) is 6.55. The van der Waals surface area contributed by atoms with Crippen LogP contribution in [0.15, 0.2) is 84.7 Å². The summed E-state index contributed by atoms with van der Waals surface area (Å²) >= 11 is 6.28. The van der Waals surface area contributed by atoms with Crippen molar-refractivity contribution in [1.29, 1.82) is 0 Å². The summed E-state index contributed by atoms with van der Waals surface area (Å²) < 4.78 is 17.2. The number of esters is 3. The van der Waals surface area contributed by atoms with Gasteiger partial charge in [0.15, 0.2) is 0 Å². The second-order valence-corrected chi connectivity index (χ2v) is 12.0. The molecule has 0 bridgehead atoms. The number of nitrogens with zero attached hydrogens (tertiary/aromatic N) is 1. The second-order valence-electron chi connectivity index (χ2n) is 11.6. The van der Waals surface area contributed by atoms with E-state index in [1.807, 2.05) is 13.0 Å². The number of rotatable bonds is 7. The minimum atomic E-state index is -0.708. The van der Waals surface area contributed by atoms with Crippen molar-refractivity contribution in [3.8, 4) is 0 Å². The van der Waals surface area contributed by atoms with Gasteiger partial charge in [0.2, 0.25) is 0 Å². The number of allylic oxidation sites excluding steroid dienone is 2. The third-order valence-corrected chi connectivity index (χ3v) is 9.48. The van der Waals surface area contributed by atoms with Gasteiger partial charge in [-0.1, -0.05) is 61.9 Å². The maximum atomic E-state index is 13.2. The van der Waals surface area contributed by atoms with Gasteiger partial charge in [0.25, 0.3) is 0 Å². The lowest BCUT2D eigenvalue weighted by Gasteiger charge is -2.59. The molecule has 7 nitrogen and oxygen atoms in total. The fraction of sp³-hybridized carbons (Fsp3) is 0.394. The first-order valence-corrected chi connectivity index (χ1v) is 14.3. The van der Waals surface area contributed by atoms with Gasteiger partial charge in [-0.25, -0.2) is 14.4 Å². The molecule has 0 amide bonds. The second kappa shape index (κ2) is 11.6. The van der Waals surface area contributed by atoms with Crippen molar-refractivity contribution in [3.05, 3.63) is 101 Å². The molecule has 2 heterocycles. The molecule has 1 aliphatic heterocycles. The zero-order chi connectivity index (χ0) is 29.2. The average Bonchev–Trinajstić information content (AvgIpc) is 3.38. The Labute approximate surface area is 245 Å². The molecule has 2 aromatic rings. The minimum Gasteiger partial charge on any atom is -0.461 e. The van der Waals surface area contributed by atoms with E-state index in [0.717, 1.165) is 24.8 Å². The van der Waals surface area contributed by atoms with Crippen LogP contribution in [-0.4, -0.2) is 42.2 Å². The van der Waals surface area contributed by atoms with Crippen LogP contribution in [0.1, 0.15) is 60.2 Å². The quantitative estimate of drug-likeness (QED) is 0.210. The largest absolute Gasteiger partial charge is 0.461 e. The third kappa shape index (κ3) is 5.60. The lowest BCUT2D eigenvalue weighted by atomic mass is 9.46. The molecule has 2 saturated carbocycles. The van der Waals surface area contributed by atoms with Crippen molar-refractivity contribution in [1.82, 2.24) is 4.98 Å². The van der Waals surface area contributed by atoms with Gasteiger partial charge in [0.05, 0.1) is 21.7 Å². The zero-order valence-electron chi connectivity index (χ0n) is 23.3. The van der Waals surface area contributed by atoms with Gasteiger partial charge in [0, 0.05) is 23.7 Å². The molecule has 3 aliphatic rings. The molecule has 214 valence electrons. The van der Waals surface area contributed by atoms with E-state index in [-0.39, 0.29) is 42.0 Å². The summed E-state index contributed by atoms with van der Waals surface area (Å²) in [5.41, 5.74) is 1.30. The standard InChI is InChI=1S/C33H34ClNO6/c1-21-10-13-27-32(2,25(21)12-11-22-15-18-39-29(22)36)16-14-28(41-30(37)23-7-6-17-35-19-23)33(27,3)20-40-31(38)24-8-4-5-9-26(24)34/h4-9,11-12,15,17,19,25,27-28H,1,10,13-14,16,18,20H2,2-3H3/b12-11+/t25-,27+,28-,32+,33+/m1/s1. The summed E-state index contributed by atoms with van der Waals surface area (Å²) in [5, 5.41) is 0.314. The van der Waals surface area contributed by atoms with Gasteiger partial charge < -0.3 is 14.2 Å². The normalized spacial score (nSPS) is 29.4. The maximum Gasteiger partial charge on any atom is 0.339 e. The van der Waals surface area contributed by atoms with Crippen LogP contribution >= 0.6 is 11.6 Å². The lowest BCUT2D eigenvalue weighted by Crippen LogP contribution is -2.58. The first kappa shape index (κ1) is 28.8. The molecule has 41 heavy (non-hydrogen) atoms. The number of hydrogen-bond acceptors (Lipinski definition) is 7. The van der Waals surface area contributed by atoms with Crippen LogP contribution in [0.4, 0.5) is 0 Å². The minimum absolute atomic E-state index is 0.0131. The Kier molecular flexibility index (Phi) is 8.18. The Hall–Kier alpha value is -3.71. The predicted molar refractivity (Wildman–Crippen MR) is 154 cm³/mol. The molecule has 0 spiro atoms. The molecule has 0 unspecified atom stereocenters. The number of carbonyl (C=O) groups is 3. The number of carbonyl (C=O) groups excluding carboxylic acids is 3. The Bertz CT molecular complexity index is 1420. The van der Waals surface area contributed by atoms with E-state index in [9.17, 15) is 14.4 Å². The zero-order valence-corrected chi connectivity index (χ0v) is 24.1. The van der Waals surface area contributed by atoms with Crippen molar-refractivity contribution in [2.75, 3.05) is 13.2 Å². The lowest BCUT2D eigenvalue weighted by molar-refractivity contribution is -0.150. The summed E-state index contributed by atoms with van der Waals surface area (Å²) in [6.45, 7) is 8.99. The molecule has 2 fully saturated rings. The number of hydrogen-bond donors (Lipinski definition) is 0. The third-order valence-electron chi connectivity index (χ3n) is 9.15. The molecule has 0 saturated heterocycles. The van der Waals surface area contributed by atoms with E-state index in [1.54, 1.807) is 48.7 Å². The van der Waals surface area contributed by atoms with Crippen LogP contribution in [0.5, 0.6) is 0 Å². The van der Waals surface area contributed by atoms with Crippen molar-refractivity contribution < 1.29 is 28.6 Å². The fourth-order valence-corrected chi connectivity index (χ4v) is 7.18. The number of pyridine rings is 1. The Balaban J connectivity index is 1.46. The Morgan fingerprint density at radius 3 is 2.68 bits per heavy atom. The van der Waals surface area contributed by atoms with E-state index in [2.05, 4.69) is 24.6 Å². The van der Waals surface area contributed by atoms with Crippen molar-refractivity contribution in [2.24, 2.45) is 22.7 Å². The van der Waals surface area contributed by atoms with Gasteiger partial charge in [-0.05, 0) is 67.4 Å². The molecule has 1 aromatic heterocycles. The number of halogens is 1. The van der Waals surface area contributed by atoms with E-state index in [0.29, 0.717) is 22.6 Å². The number of cyclic esters (lactones) is 1. The van der Waals surface area contributed by atoms with Crippen LogP contribution in [0.3, 0.4) is 0 Å². The van der Waals surface area contributed by atoms with E-state index < -0.39 is 23.5 Å². The highest BCUT2D eigenvalue weighted by Gasteiger charge is 2.59. The number of benzene rings is 1. The van der Waals surface area contributed by atoms with Crippen LogP contribution in [-0.2, 0) is 19.0 Å². The topological polar surface area (TPSA) is 91.8 Å². The highest BCUT2D eigenvalue weighted by Crippen LogP contribution is 2.62. The number of aromatic nitrogens is 1. The van der Waals surface area contributed by atoms with E-state index >= 15 is 0 Å². The maximum absolute atomic E-state index is 13.2. The summed E-state index contributed by atoms with van der Waals surface area (Å²) in [5.74, 6) is -1.32. The summed E-state index contributed by atoms with van der Waals surface area (Å²) in [6.07, 6.45) is 11.1. The van der Waals surface area contributed by atoms with Crippen molar-refractivity contribution >= 4 is 29.5 Å². The van der Waals surface area contributed by atoms with Crippen molar-refractivity contribution in [3.63, 3.8) is 0 Å². The first-order chi connectivity index (χ1) is 19.6. The van der Waals surface area contributed by atoms with E-state index in [4.69, 9.17) is 25.8 Å². The summed E-state index contributed by atoms with van der Waals surface area (Å²) in [7, 11) is 0. The monoisotopic (exact) mass is 575 g/mol. The van der Waals surface area contributed by atoms with E-state index in [1.165, 1.54) is 6.20 Å². The van der Waals surface area contributed by atoms with Gasteiger partial charge >= 0.3 is 17.9 Å². The number of fused-ring (bicyclic) bond motifs is 1. The van der Waals surface area contributed by atoms with Gasteiger partial charge in [-0.2, -0.15) is 0 Å². The Morgan fingerprint density at radius 2 is 1.98 bits per heavy atom. The van der Waals surface area contributed by atoms with Crippen LogP contribution in [0, 0.1) is 22.7 Å².